The number of nitrogen functional groups attached to an aromatic ring is 1. The molecule has 1 aromatic heterocycles. The molecule has 1 heterocycles. The molecule has 0 fully saturated rings. The van der Waals surface area contributed by atoms with Crippen LogP contribution in [-0.4, -0.2) is 27.7 Å². The number of hydrazine groups is 1. The Hall–Kier alpha value is -0.920. The second-order valence-corrected chi connectivity index (χ2v) is 4.85. The lowest BCUT2D eigenvalue weighted by molar-refractivity contribution is 0.114. The van der Waals surface area contributed by atoms with Gasteiger partial charge >= 0.3 is 0 Å². The Balaban J connectivity index is 2.63. The molecule has 0 bridgehead atoms. The number of aliphatic hydroxyl groups is 1. The van der Waals surface area contributed by atoms with Gasteiger partial charge in [0.25, 0.3) is 0 Å². The van der Waals surface area contributed by atoms with Gasteiger partial charge in [-0.15, -0.1) is 0 Å². The summed E-state index contributed by atoms with van der Waals surface area (Å²) >= 11 is 3.35. The van der Waals surface area contributed by atoms with Crippen molar-refractivity contribution in [2.45, 2.75) is 32.8 Å². The molecule has 7 heteroatoms. The van der Waals surface area contributed by atoms with E-state index in [2.05, 4.69) is 50.5 Å². The molecular formula is C11H20BrN5O. The molecule has 0 aliphatic heterocycles. The molecule has 0 aromatic carbocycles. The predicted molar refractivity (Wildman–Crippen MR) is 76.1 cm³/mol. The van der Waals surface area contributed by atoms with Crippen LogP contribution < -0.4 is 16.6 Å². The highest BCUT2D eigenvalue weighted by molar-refractivity contribution is 9.10. The molecule has 1 rings (SSSR count). The third kappa shape index (κ3) is 3.79. The molecule has 1 unspecified atom stereocenters. The largest absolute Gasteiger partial charge is 0.391 e. The minimum atomic E-state index is -0.392. The number of nitrogens with two attached hydrogens (primary N) is 1. The van der Waals surface area contributed by atoms with Crippen LogP contribution in [0.25, 0.3) is 0 Å². The van der Waals surface area contributed by atoms with Gasteiger partial charge in [0.2, 0.25) is 0 Å². The average molecular weight is 318 g/mol. The number of halogens is 1. The van der Waals surface area contributed by atoms with Crippen molar-refractivity contribution < 1.29 is 5.11 Å². The van der Waals surface area contributed by atoms with E-state index >= 15 is 0 Å². The highest BCUT2D eigenvalue weighted by Crippen LogP contribution is 2.26. The van der Waals surface area contributed by atoms with Crippen LogP contribution in [-0.2, 0) is 0 Å². The van der Waals surface area contributed by atoms with Gasteiger partial charge < -0.3 is 15.8 Å². The predicted octanol–water partition coefficient (Wildman–Crippen LogP) is 1.73. The van der Waals surface area contributed by atoms with Crippen LogP contribution in [0, 0.1) is 5.92 Å². The maximum atomic E-state index is 10.0. The smallest absolute Gasteiger partial charge is 0.159 e. The van der Waals surface area contributed by atoms with Gasteiger partial charge in [-0.25, -0.2) is 15.8 Å². The minimum absolute atomic E-state index is 0.296. The lowest BCUT2D eigenvalue weighted by Gasteiger charge is -2.21. The summed E-state index contributed by atoms with van der Waals surface area (Å²) in [4.78, 5) is 8.05. The summed E-state index contributed by atoms with van der Waals surface area (Å²) in [6, 6.07) is 0. The summed E-state index contributed by atoms with van der Waals surface area (Å²) in [5.41, 5.74) is 2.47. The quantitative estimate of drug-likeness (QED) is 0.452. The van der Waals surface area contributed by atoms with E-state index in [0.29, 0.717) is 28.6 Å². The number of hydrogen-bond acceptors (Lipinski definition) is 6. The topological polar surface area (TPSA) is 96.1 Å². The summed E-state index contributed by atoms with van der Waals surface area (Å²) in [6.07, 6.45) is 2.93. The fourth-order valence-electron chi connectivity index (χ4n) is 1.79. The molecule has 0 aliphatic carbocycles. The Morgan fingerprint density at radius 2 is 1.94 bits per heavy atom. The molecule has 18 heavy (non-hydrogen) atoms. The normalized spacial score (nSPS) is 12.6. The van der Waals surface area contributed by atoms with Crippen LogP contribution in [0.5, 0.6) is 0 Å². The molecule has 0 saturated carbocycles. The van der Waals surface area contributed by atoms with Gasteiger partial charge in [0, 0.05) is 6.54 Å². The molecule has 1 aromatic rings. The zero-order chi connectivity index (χ0) is 13.5. The Morgan fingerprint density at radius 1 is 1.33 bits per heavy atom. The van der Waals surface area contributed by atoms with E-state index in [1.54, 1.807) is 0 Å². The van der Waals surface area contributed by atoms with E-state index in [4.69, 9.17) is 5.84 Å². The molecule has 0 saturated heterocycles. The standard InChI is InChI=1S/C11H20BrN5O/c1-3-7(4-2)8(18)5-14-10-9(12)11(17-13)16-6-15-10/h6-8,18H,3-5,13H2,1-2H3,(H2,14,15,16,17). The first kappa shape index (κ1) is 15.1. The molecule has 5 N–H and O–H groups in total. The summed E-state index contributed by atoms with van der Waals surface area (Å²) in [5, 5.41) is 13.1. The number of hydrogen-bond donors (Lipinski definition) is 4. The van der Waals surface area contributed by atoms with Gasteiger partial charge in [-0.1, -0.05) is 26.7 Å². The number of aromatic nitrogens is 2. The first-order chi connectivity index (χ1) is 8.63. The Bertz CT molecular complexity index is 372. The first-order valence-corrected chi connectivity index (χ1v) is 6.82. The third-order valence-electron chi connectivity index (χ3n) is 3.00. The van der Waals surface area contributed by atoms with Crippen LogP contribution in [0.15, 0.2) is 10.8 Å². The van der Waals surface area contributed by atoms with Crippen LogP contribution in [0.3, 0.4) is 0 Å². The second-order valence-electron chi connectivity index (χ2n) is 4.05. The molecule has 102 valence electrons. The Labute approximate surface area is 115 Å². The fourth-order valence-corrected chi connectivity index (χ4v) is 2.25. The Kier molecular flexibility index (Phi) is 6.31. The van der Waals surface area contributed by atoms with Crippen molar-refractivity contribution in [1.82, 2.24) is 9.97 Å². The zero-order valence-electron chi connectivity index (χ0n) is 10.7. The van der Waals surface area contributed by atoms with E-state index in [0.717, 1.165) is 12.8 Å². The number of nitrogens with one attached hydrogen (secondary N) is 2. The second kappa shape index (κ2) is 7.50. The number of anilines is 2. The van der Waals surface area contributed by atoms with Crippen LogP contribution >= 0.6 is 15.9 Å². The van der Waals surface area contributed by atoms with E-state index in [1.807, 2.05) is 0 Å². The molecule has 0 amide bonds. The van der Waals surface area contributed by atoms with Gasteiger partial charge in [-0.05, 0) is 21.8 Å². The number of aliphatic hydroxyl groups excluding tert-OH is 1. The van der Waals surface area contributed by atoms with E-state index in [-0.39, 0.29) is 0 Å². The van der Waals surface area contributed by atoms with Crippen molar-refractivity contribution in [3.63, 3.8) is 0 Å². The molecule has 0 spiro atoms. The van der Waals surface area contributed by atoms with E-state index in [1.165, 1.54) is 6.33 Å². The van der Waals surface area contributed by atoms with Gasteiger partial charge in [-0.2, -0.15) is 0 Å². The highest BCUT2D eigenvalue weighted by Gasteiger charge is 2.16. The first-order valence-electron chi connectivity index (χ1n) is 6.03. The van der Waals surface area contributed by atoms with Crippen molar-refractivity contribution in [3.05, 3.63) is 10.8 Å². The zero-order valence-corrected chi connectivity index (χ0v) is 12.2. The monoisotopic (exact) mass is 317 g/mol. The maximum absolute atomic E-state index is 10.0. The van der Waals surface area contributed by atoms with Crippen molar-refractivity contribution in [2.24, 2.45) is 11.8 Å². The van der Waals surface area contributed by atoms with E-state index < -0.39 is 6.10 Å². The molecule has 0 aliphatic rings. The Morgan fingerprint density at radius 3 is 2.50 bits per heavy atom. The molecule has 6 nitrogen and oxygen atoms in total. The van der Waals surface area contributed by atoms with Crippen LogP contribution in [0.1, 0.15) is 26.7 Å². The number of nitrogens with zero attached hydrogens (tertiary/aromatic N) is 2. The SMILES string of the molecule is CCC(CC)C(O)CNc1ncnc(NN)c1Br. The number of rotatable bonds is 7. The highest BCUT2D eigenvalue weighted by atomic mass is 79.9. The lowest BCUT2D eigenvalue weighted by Crippen LogP contribution is -2.28. The summed E-state index contributed by atoms with van der Waals surface area (Å²) in [6.45, 7) is 4.61. The van der Waals surface area contributed by atoms with Crippen LogP contribution in [0.2, 0.25) is 0 Å². The summed E-state index contributed by atoms with van der Waals surface area (Å²) in [7, 11) is 0. The third-order valence-corrected chi connectivity index (χ3v) is 3.75. The van der Waals surface area contributed by atoms with Gasteiger partial charge in [0.1, 0.15) is 16.6 Å². The molecule has 0 radical (unpaired) electrons. The maximum Gasteiger partial charge on any atom is 0.159 e. The van der Waals surface area contributed by atoms with Gasteiger partial charge in [0.05, 0.1) is 6.10 Å². The summed E-state index contributed by atoms with van der Waals surface area (Å²) in [5.74, 6) is 6.73. The average Bonchev–Trinajstić information content (AvgIpc) is 2.39. The van der Waals surface area contributed by atoms with Gasteiger partial charge in [0.15, 0.2) is 5.82 Å². The molecule has 1 atom stereocenters. The molecular weight excluding hydrogens is 298 g/mol. The lowest BCUT2D eigenvalue weighted by atomic mass is 9.97. The van der Waals surface area contributed by atoms with Crippen molar-refractivity contribution in [3.8, 4) is 0 Å². The fraction of sp³-hybridized carbons (Fsp3) is 0.636. The summed E-state index contributed by atoms with van der Waals surface area (Å²) < 4.78 is 0.657. The van der Waals surface area contributed by atoms with Crippen molar-refractivity contribution in [2.75, 3.05) is 17.3 Å². The minimum Gasteiger partial charge on any atom is -0.391 e. The van der Waals surface area contributed by atoms with Gasteiger partial charge in [-0.3, -0.25) is 0 Å². The van der Waals surface area contributed by atoms with Crippen molar-refractivity contribution in [1.29, 1.82) is 0 Å². The van der Waals surface area contributed by atoms with Crippen LogP contribution in [0.4, 0.5) is 11.6 Å². The van der Waals surface area contributed by atoms with E-state index in [9.17, 15) is 5.11 Å². The van der Waals surface area contributed by atoms with Crippen molar-refractivity contribution >= 4 is 27.6 Å².